The lowest BCUT2D eigenvalue weighted by Crippen LogP contribution is -1.98. The number of benzene rings is 1. The van der Waals surface area contributed by atoms with Crippen LogP contribution in [0.2, 0.25) is 0 Å². The van der Waals surface area contributed by atoms with Gasteiger partial charge in [0.25, 0.3) is 0 Å². The van der Waals surface area contributed by atoms with Gasteiger partial charge in [-0.3, -0.25) is 0 Å². The molecular formula is C13H10N8S. The molecule has 0 bridgehead atoms. The van der Waals surface area contributed by atoms with E-state index in [0.717, 1.165) is 10.6 Å². The Labute approximate surface area is 129 Å². The molecule has 0 saturated heterocycles. The molecule has 0 saturated carbocycles. The van der Waals surface area contributed by atoms with Crippen LogP contribution in [0.3, 0.4) is 0 Å². The molecule has 8 nitrogen and oxygen atoms in total. The van der Waals surface area contributed by atoms with E-state index >= 15 is 0 Å². The van der Waals surface area contributed by atoms with E-state index in [2.05, 4.69) is 30.8 Å². The van der Waals surface area contributed by atoms with Crippen LogP contribution in [0.25, 0.3) is 17.0 Å². The molecule has 0 N–H and O–H groups in total. The molecule has 3 heterocycles. The van der Waals surface area contributed by atoms with Gasteiger partial charge < -0.3 is 0 Å². The summed E-state index contributed by atoms with van der Waals surface area (Å²) in [6.45, 7) is 0. The third kappa shape index (κ3) is 2.21. The summed E-state index contributed by atoms with van der Waals surface area (Å²) in [5.74, 6) is 0.703. The third-order valence-corrected chi connectivity index (χ3v) is 4.00. The summed E-state index contributed by atoms with van der Waals surface area (Å²) in [7, 11) is 1.79. The topological polar surface area (TPSA) is 86.7 Å². The minimum absolute atomic E-state index is 0.668. The molecule has 0 fully saturated rings. The van der Waals surface area contributed by atoms with Gasteiger partial charge in [-0.05, 0) is 34.3 Å². The van der Waals surface area contributed by atoms with Crippen molar-refractivity contribution in [2.45, 2.75) is 10.2 Å². The number of fused-ring (bicyclic) bond motifs is 1. The lowest BCUT2D eigenvalue weighted by Gasteiger charge is -2.02. The number of nitrogens with zero attached hydrogens (tertiary/aromatic N) is 8. The Morgan fingerprint density at radius 3 is 2.59 bits per heavy atom. The van der Waals surface area contributed by atoms with Gasteiger partial charge in [-0.1, -0.05) is 30.3 Å². The second-order valence-corrected chi connectivity index (χ2v) is 5.51. The molecule has 0 atom stereocenters. The summed E-state index contributed by atoms with van der Waals surface area (Å²) in [4.78, 5) is 0. The number of aromatic nitrogens is 8. The fourth-order valence-electron chi connectivity index (χ4n) is 1.99. The first kappa shape index (κ1) is 12.9. The van der Waals surface area contributed by atoms with Crippen molar-refractivity contribution in [3.63, 3.8) is 0 Å². The molecule has 0 unspecified atom stereocenters. The number of hydrogen-bond donors (Lipinski definition) is 0. The summed E-state index contributed by atoms with van der Waals surface area (Å²) in [5, 5.41) is 25.7. The van der Waals surface area contributed by atoms with Crippen molar-refractivity contribution >= 4 is 17.4 Å². The van der Waals surface area contributed by atoms with Gasteiger partial charge in [0, 0.05) is 12.6 Å². The Morgan fingerprint density at radius 2 is 1.82 bits per heavy atom. The van der Waals surface area contributed by atoms with Gasteiger partial charge in [0.15, 0.2) is 11.5 Å². The Hall–Kier alpha value is -2.81. The molecule has 22 heavy (non-hydrogen) atoms. The average Bonchev–Trinajstić information content (AvgIpc) is 3.15. The smallest absolute Gasteiger partial charge is 0.215 e. The Morgan fingerprint density at radius 1 is 0.955 bits per heavy atom. The Kier molecular flexibility index (Phi) is 3.04. The van der Waals surface area contributed by atoms with Crippen LogP contribution in [0.4, 0.5) is 0 Å². The zero-order valence-corrected chi connectivity index (χ0v) is 12.3. The quantitative estimate of drug-likeness (QED) is 0.566. The molecule has 0 amide bonds. The van der Waals surface area contributed by atoms with Crippen LogP contribution in [0, 0.1) is 0 Å². The average molecular weight is 310 g/mol. The van der Waals surface area contributed by atoms with E-state index in [4.69, 9.17) is 0 Å². The molecule has 9 heteroatoms. The molecule has 0 radical (unpaired) electrons. The van der Waals surface area contributed by atoms with Crippen molar-refractivity contribution in [2.24, 2.45) is 7.05 Å². The van der Waals surface area contributed by atoms with Crippen LogP contribution < -0.4 is 0 Å². The maximum Gasteiger partial charge on any atom is 0.215 e. The van der Waals surface area contributed by atoms with Crippen LogP contribution >= 0.6 is 11.8 Å². The number of rotatable bonds is 3. The maximum absolute atomic E-state index is 4.57. The van der Waals surface area contributed by atoms with E-state index in [9.17, 15) is 0 Å². The molecule has 1 aromatic carbocycles. The van der Waals surface area contributed by atoms with E-state index in [-0.39, 0.29) is 0 Å². The molecule has 4 rings (SSSR count). The standard InChI is InChI=1S/C13H10N8S/c1-20-13(16-18-19-20)22-11-8-7-10-14-15-12(21(10)17-11)9-5-3-2-4-6-9/h2-8H,1H3. The first-order valence-electron chi connectivity index (χ1n) is 6.49. The van der Waals surface area contributed by atoms with Gasteiger partial charge in [-0.15, -0.1) is 15.3 Å². The van der Waals surface area contributed by atoms with Gasteiger partial charge in [-0.25, -0.2) is 4.68 Å². The van der Waals surface area contributed by atoms with Gasteiger partial charge in [0.05, 0.1) is 0 Å². The summed E-state index contributed by atoms with van der Waals surface area (Å²) >= 11 is 1.38. The molecule has 108 valence electrons. The fourth-order valence-corrected chi connectivity index (χ4v) is 2.69. The van der Waals surface area contributed by atoms with Crippen molar-refractivity contribution in [2.75, 3.05) is 0 Å². The zero-order chi connectivity index (χ0) is 14.9. The number of aryl methyl sites for hydroxylation is 1. The first-order chi connectivity index (χ1) is 10.8. The largest absolute Gasteiger partial charge is 0.223 e. The van der Waals surface area contributed by atoms with Crippen LogP contribution in [0.1, 0.15) is 0 Å². The van der Waals surface area contributed by atoms with Crippen LogP contribution in [0.15, 0.2) is 52.6 Å². The van der Waals surface area contributed by atoms with Crippen LogP contribution in [-0.2, 0) is 7.05 Å². The minimum atomic E-state index is 0.668. The van der Waals surface area contributed by atoms with E-state index in [0.29, 0.717) is 16.6 Å². The molecule has 0 aliphatic heterocycles. The molecule has 0 spiro atoms. The molecular weight excluding hydrogens is 300 g/mol. The van der Waals surface area contributed by atoms with Crippen molar-refractivity contribution < 1.29 is 0 Å². The minimum Gasteiger partial charge on any atom is -0.223 e. The summed E-state index contributed by atoms with van der Waals surface area (Å²) in [6, 6.07) is 13.6. The monoisotopic (exact) mass is 310 g/mol. The highest BCUT2D eigenvalue weighted by molar-refractivity contribution is 7.99. The highest BCUT2D eigenvalue weighted by atomic mass is 32.2. The Balaban J connectivity index is 1.78. The number of tetrazole rings is 1. The van der Waals surface area contributed by atoms with Gasteiger partial charge in [0.1, 0.15) is 5.03 Å². The lowest BCUT2D eigenvalue weighted by molar-refractivity contribution is 0.663. The SMILES string of the molecule is Cn1nnnc1Sc1ccc2nnc(-c3ccccc3)n2n1. The summed E-state index contributed by atoms with van der Waals surface area (Å²) < 4.78 is 3.32. The second-order valence-electron chi connectivity index (χ2n) is 4.52. The summed E-state index contributed by atoms with van der Waals surface area (Å²) in [6.07, 6.45) is 0. The predicted molar refractivity (Wildman–Crippen MR) is 79.1 cm³/mol. The van der Waals surface area contributed by atoms with Gasteiger partial charge in [0.2, 0.25) is 5.16 Å². The molecule has 3 aromatic heterocycles. The van der Waals surface area contributed by atoms with E-state index in [1.54, 1.807) is 16.2 Å². The van der Waals surface area contributed by atoms with Crippen molar-refractivity contribution in [3.8, 4) is 11.4 Å². The molecule has 0 aliphatic carbocycles. The van der Waals surface area contributed by atoms with Crippen molar-refractivity contribution in [1.82, 2.24) is 40.0 Å². The summed E-state index contributed by atoms with van der Waals surface area (Å²) in [5.41, 5.74) is 1.66. The number of hydrogen-bond acceptors (Lipinski definition) is 7. The Bertz CT molecular complexity index is 930. The fraction of sp³-hybridized carbons (Fsp3) is 0.0769. The lowest BCUT2D eigenvalue weighted by atomic mass is 10.2. The molecule has 4 aromatic rings. The van der Waals surface area contributed by atoms with E-state index in [1.165, 1.54) is 11.8 Å². The predicted octanol–water partition coefficient (Wildman–Crippen LogP) is 1.47. The zero-order valence-electron chi connectivity index (χ0n) is 11.5. The third-order valence-electron chi connectivity index (χ3n) is 3.05. The highest BCUT2D eigenvalue weighted by Gasteiger charge is 2.12. The second kappa shape index (κ2) is 5.19. The van der Waals surface area contributed by atoms with Gasteiger partial charge >= 0.3 is 0 Å². The molecule has 0 aliphatic rings. The van der Waals surface area contributed by atoms with E-state index in [1.807, 2.05) is 42.5 Å². The maximum atomic E-state index is 4.57. The first-order valence-corrected chi connectivity index (χ1v) is 7.31. The van der Waals surface area contributed by atoms with Crippen molar-refractivity contribution in [1.29, 1.82) is 0 Å². The highest BCUT2D eigenvalue weighted by Crippen LogP contribution is 2.24. The van der Waals surface area contributed by atoms with Crippen molar-refractivity contribution in [3.05, 3.63) is 42.5 Å². The van der Waals surface area contributed by atoms with E-state index < -0.39 is 0 Å². The van der Waals surface area contributed by atoms with Crippen LogP contribution in [0.5, 0.6) is 0 Å². The van der Waals surface area contributed by atoms with Crippen LogP contribution in [-0.4, -0.2) is 40.0 Å². The van der Waals surface area contributed by atoms with Gasteiger partial charge in [-0.2, -0.15) is 9.61 Å². The normalized spacial score (nSPS) is 11.1.